The molecular formula is C10H6ClFNS. The molecule has 1 aromatic heterocycles. The van der Waals surface area contributed by atoms with Gasteiger partial charge < -0.3 is 0 Å². The molecule has 0 saturated carbocycles. The van der Waals surface area contributed by atoms with E-state index in [1.54, 1.807) is 17.5 Å². The molecule has 0 fully saturated rings. The highest BCUT2D eigenvalue weighted by Crippen LogP contribution is 2.18. The summed E-state index contributed by atoms with van der Waals surface area (Å²) in [6.45, 7) is 0. The minimum absolute atomic E-state index is 0.285. The smallest absolute Gasteiger partial charge is 0.128 e. The highest BCUT2D eigenvalue weighted by Gasteiger charge is 2.05. The molecule has 4 heteroatoms. The van der Waals surface area contributed by atoms with Gasteiger partial charge in [0.1, 0.15) is 12.0 Å². The maximum absolute atomic E-state index is 13.3. The third-order valence-electron chi connectivity index (χ3n) is 1.79. The molecule has 71 valence electrons. The van der Waals surface area contributed by atoms with E-state index >= 15 is 0 Å². The fourth-order valence-electron chi connectivity index (χ4n) is 1.13. The van der Waals surface area contributed by atoms with Gasteiger partial charge in [0.2, 0.25) is 0 Å². The normalized spacial score (nSPS) is 10.4. The first kappa shape index (κ1) is 9.62. The van der Waals surface area contributed by atoms with Crippen LogP contribution in [0.3, 0.4) is 0 Å². The number of halogens is 2. The van der Waals surface area contributed by atoms with Gasteiger partial charge >= 0.3 is 0 Å². The summed E-state index contributed by atoms with van der Waals surface area (Å²) in [4.78, 5) is 3.97. The number of aromatic nitrogens is 1. The van der Waals surface area contributed by atoms with Crippen LogP contribution in [0.2, 0.25) is 5.02 Å². The van der Waals surface area contributed by atoms with Crippen LogP contribution in [0.5, 0.6) is 0 Å². The summed E-state index contributed by atoms with van der Waals surface area (Å²) in [6, 6.07) is 4.67. The van der Waals surface area contributed by atoms with Gasteiger partial charge in [0.25, 0.3) is 0 Å². The molecule has 1 nitrogen and oxygen atoms in total. The zero-order chi connectivity index (χ0) is 9.97. The van der Waals surface area contributed by atoms with E-state index < -0.39 is 0 Å². The molecule has 0 bridgehead atoms. The maximum Gasteiger partial charge on any atom is 0.128 e. The maximum atomic E-state index is 13.3. The number of rotatable bonds is 2. The molecule has 1 radical (unpaired) electrons. The van der Waals surface area contributed by atoms with Crippen LogP contribution in [0.25, 0.3) is 0 Å². The van der Waals surface area contributed by atoms with Crippen LogP contribution >= 0.6 is 22.9 Å². The Balaban J connectivity index is 2.25. The highest BCUT2D eigenvalue weighted by molar-refractivity contribution is 7.09. The summed E-state index contributed by atoms with van der Waals surface area (Å²) < 4.78 is 13.3. The lowest BCUT2D eigenvalue weighted by molar-refractivity contribution is 0.614. The zero-order valence-corrected chi connectivity index (χ0v) is 8.70. The Hall–Kier alpha value is -0.930. The fourth-order valence-corrected chi connectivity index (χ4v) is 1.87. The van der Waals surface area contributed by atoms with Crippen molar-refractivity contribution in [1.82, 2.24) is 4.98 Å². The number of benzene rings is 1. The standard InChI is InChI=1S/C10H6ClFNS/c11-8-2-1-7(9(12)6-8)5-10-13-3-4-14-10/h1-2,4,6H,5H2. The van der Waals surface area contributed by atoms with E-state index in [2.05, 4.69) is 11.2 Å². The molecule has 0 aliphatic rings. The lowest BCUT2D eigenvalue weighted by Crippen LogP contribution is -1.91. The SMILES string of the molecule is Fc1cc(Cl)ccc1Cc1n[c]cs1. The van der Waals surface area contributed by atoms with Crippen LogP contribution in [-0.2, 0) is 6.42 Å². The second-order valence-corrected chi connectivity index (χ2v) is 4.16. The third-order valence-corrected chi connectivity index (χ3v) is 2.76. The van der Waals surface area contributed by atoms with Crippen LogP contribution in [0.4, 0.5) is 4.39 Å². The third kappa shape index (κ3) is 2.11. The summed E-state index contributed by atoms with van der Waals surface area (Å²) >= 11 is 7.10. The molecule has 0 aliphatic carbocycles. The second-order valence-electron chi connectivity index (χ2n) is 2.78. The Morgan fingerprint density at radius 2 is 2.36 bits per heavy atom. The second kappa shape index (κ2) is 4.07. The molecule has 0 unspecified atom stereocenters. The molecule has 0 amide bonds. The summed E-state index contributed by atoms with van der Waals surface area (Å²) in [6.07, 6.45) is 3.20. The van der Waals surface area contributed by atoms with E-state index in [0.717, 1.165) is 5.01 Å². The van der Waals surface area contributed by atoms with E-state index in [4.69, 9.17) is 11.6 Å². The minimum atomic E-state index is -0.285. The monoisotopic (exact) mass is 226 g/mol. The number of hydrogen-bond acceptors (Lipinski definition) is 2. The first-order chi connectivity index (χ1) is 6.75. The number of nitrogens with zero attached hydrogens (tertiary/aromatic N) is 1. The zero-order valence-electron chi connectivity index (χ0n) is 7.13. The van der Waals surface area contributed by atoms with Crippen molar-refractivity contribution < 1.29 is 4.39 Å². The van der Waals surface area contributed by atoms with Gasteiger partial charge in [-0.05, 0) is 17.7 Å². The van der Waals surface area contributed by atoms with Gasteiger partial charge in [0.05, 0.1) is 5.01 Å². The van der Waals surface area contributed by atoms with Gasteiger partial charge in [-0.25, -0.2) is 9.37 Å². The fraction of sp³-hybridized carbons (Fsp3) is 0.100. The van der Waals surface area contributed by atoms with Crippen molar-refractivity contribution in [3.8, 4) is 0 Å². The Labute approximate surface area is 90.2 Å². The Bertz CT molecular complexity index is 428. The van der Waals surface area contributed by atoms with Crippen molar-refractivity contribution in [2.75, 3.05) is 0 Å². The average molecular weight is 227 g/mol. The molecular weight excluding hydrogens is 221 g/mol. The molecule has 14 heavy (non-hydrogen) atoms. The largest absolute Gasteiger partial charge is 0.239 e. The van der Waals surface area contributed by atoms with Crippen LogP contribution in [-0.4, -0.2) is 4.98 Å². The summed E-state index contributed by atoms with van der Waals surface area (Å²) in [7, 11) is 0. The first-order valence-electron chi connectivity index (χ1n) is 4.00. The molecule has 0 saturated heterocycles. The lowest BCUT2D eigenvalue weighted by Gasteiger charge is -2.00. The van der Waals surface area contributed by atoms with Crippen LogP contribution in [0.1, 0.15) is 10.6 Å². The minimum Gasteiger partial charge on any atom is -0.239 e. The van der Waals surface area contributed by atoms with Crippen LogP contribution in [0.15, 0.2) is 23.6 Å². The molecule has 0 aliphatic heterocycles. The lowest BCUT2D eigenvalue weighted by atomic mass is 10.1. The predicted octanol–water partition coefficient (Wildman–Crippen LogP) is 3.33. The van der Waals surface area contributed by atoms with Crippen molar-refractivity contribution in [2.45, 2.75) is 6.42 Å². The number of thiazole rings is 1. The Morgan fingerprint density at radius 1 is 1.50 bits per heavy atom. The molecule has 0 atom stereocenters. The molecule has 1 heterocycles. The summed E-state index contributed by atoms with van der Waals surface area (Å²) in [5.41, 5.74) is 0.609. The predicted molar refractivity (Wildman–Crippen MR) is 55.2 cm³/mol. The Morgan fingerprint density at radius 3 is 3.00 bits per heavy atom. The van der Waals surface area contributed by atoms with Crippen molar-refractivity contribution in [3.05, 3.63) is 51.2 Å². The van der Waals surface area contributed by atoms with E-state index in [0.29, 0.717) is 17.0 Å². The quantitative estimate of drug-likeness (QED) is 0.766. The van der Waals surface area contributed by atoms with E-state index in [1.165, 1.54) is 17.4 Å². The molecule has 0 N–H and O–H groups in total. The van der Waals surface area contributed by atoms with Crippen molar-refractivity contribution >= 4 is 22.9 Å². The van der Waals surface area contributed by atoms with Gasteiger partial charge in [-0.2, -0.15) is 0 Å². The number of hydrogen-bond donors (Lipinski definition) is 0. The van der Waals surface area contributed by atoms with Gasteiger partial charge in [0.15, 0.2) is 0 Å². The van der Waals surface area contributed by atoms with Crippen molar-refractivity contribution in [1.29, 1.82) is 0 Å². The van der Waals surface area contributed by atoms with E-state index in [1.807, 2.05) is 0 Å². The topological polar surface area (TPSA) is 12.9 Å². The molecule has 2 rings (SSSR count). The van der Waals surface area contributed by atoms with E-state index in [-0.39, 0.29) is 5.82 Å². The van der Waals surface area contributed by atoms with Gasteiger partial charge in [-0.3, -0.25) is 0 Å². The summed E-state index contributed by atoms with van der Waals surface area (Å²) in [5, 5.41) is 3.02. The average Bonchev–Trinajstić information content (AvgIpc) is 2.62. The molecule has 1 aromatic carbocycles. The first-order valence-corrected chi connectivity index (χ1v) is 5.26. The highest BCUT2D eigenvalue weighted by atomic mass is 35.5. The van der Waals surface area contributed by atoms with E-state index in [9.17, 15) is 4.39 Å². The van der Waals surface area contributed by atoms with Crippen molar-refractivity contribution in [2.24, 2.45) is 0 Å². The Kier molecular flexibility index (Phi) is 2.79. The van der Waals surface area contributed by atoms with Gasteiger partial charge in [0, 0.05) is 16.8 Å². The summed E-state index contributed by atoms with van der Waals surface area (Å²) in [5.74, 6) is -0.285. The molecule has 2 aromatic rings. The van der Waals surface area contributed by atoms with Crippen LogP contribution < -0.4 is 0 Å². The van der Waals surface area contributed by atoms with Crippen LogP contribution in [0, 0.1) is 12.0 Å². The van der Waals surface area contributed by atoms with Gasteiger partial charge in [-0.15, -0.1) is 11.3 Å². The van der Waals surface area contributed by atoms with Gasteiger partial charge in [-0.1, -0.05) is 17.7 Å². The van der Waals surface area contributed by atoms with Crippen molar-refractivity contribution in [3.63, 3.8) is 0 Å². The molecule has 0 spiro atoms.